The van der Waals surface area contributed by atoms with Crippen molar-refractivity contribution in [1.29, 1.82) is 0 Å². The maximum absolute atomic E-state index is 14.1. The van der Waals surface area contributed by atoms with Crippen LogP contribution in [-0.4, -0.2) is 107 Å². The Labute approximate surface area is 244 Å². The van der Waals surface area contributed by atoms with E-state index in [2.05, 4.69) is 0 Å². The number of nitro groups is 1. The van der Waals surface area contributed by atoms with E-state index in [9.17, 15) is 52.7 Å². The molecule has 0 aliphatic carbocycles. The monoisotopic (exact) mass is 634 g/mol. The lowest BCUT2D eigenvalue weighted by molar-refractivity contribution is -0.387. The maximum Gasteiger partial charge on any atom is 0.324 e. The van der Waals surface area contributed by atoms with Crippen LogP contribution in [0.25, 0.3) is 0 Å². The van der Waals surface area contributed by atoms with Gasteiger partial charge in [-0.25, -0.2) is 8.42 Å². The molecular formula is C24H30N2O16S. The van der Waals surface area contributed by atoms with E-state index in [-0.39, 0.29) is 4.31 Å². The van der Waals surface area contributed by atoms with Crippen molar-refractivity contribution in [3.63, 3.8) is 0 Å². The Morgan fingerprint density at radius 2 is 1.47 bits per heavy atom. The number of rotatable bonds is 12. The molecule has 2 rings (SSSR count). The van der Waals surface area contributed by atoms with Crippen molar-refractivity contribution in [3.8, 4) is 0 Å². The number of aliphatic hydroxyl groups is 1. The summed E-state index contributed by atoms with van der Waals surface area (Å²) in [5.41, 5.74) is -0.993. The molecule has 1 aromatic rings. The minimum atomic E-state index is -5.40. The largest absolute Gasteiger partial charge is 0.480 e. The zero-order valence-electron chi connectivity index (χ0n) is 23.5. The van der Waals surface area contributed by atoms with E-state index in [0.29, 0.717) is 0 Å². The fourth-order valence-corrected chi connectivity index (χ4v) is 6.22. The zero-order valence-corrected chi connectivity index (χ0v) is 24.3. The van der Waals surface area contributed by atoms with E-state index >= 15 is 0 Å². The van der Waals surface area contributed by atoms with Gasteiger partial charge in [0.05, 0.1) is 11.0 Å². The Kier molecular flexibility index (Phi) is 11.7. The number of nitrogens with zero attached hydrogens (tertiary/aromatic N) is 2. The summed E-state index contributed by atoms with van der Waals surface area (Å²) < 4.78 is 54.8. The number of sulfonamides is 1. The average molecular weight is 635 g/mol. The van der Waals surface area contributed by atoms with Gasteiger partial charge in [0.1, 0.15) is 12.7 Å². The molecule has 1 aromatic carbocycles. The Morgan fingerprint density at radius 3 is 1.93 bits per heavy atom. The van der Waals surface area contributed by atoms with Crippen molar-refractivity contribution in [2.24, 2.45) is 0 Å². The Bertz CT molecular complexity index is 1360. The number of carbonyl (C=O) groups excluding carboxylic acids is 4. The van der Waals surface area contributed by atoms with E-state index in [1.807, 2.05) is 0 Å². The first-order valence-electron chi connectivity index (χ1n) is 12.4. The molecular weight excluding hydrogens is 604 g/mol. The molecule has 43 heavy (non-hydrogen) atoms. The number of aliphatic hydroxyl groups excluding tert-OH is 1. The van der Waals surface area contributed by atoms with Crippen LogP contribution in [0, 0.1) is 10.1 Å². The van der Waals surface area contributed by atoms with Gasteiger partial charge in [0.15, 0.2) is 35.5 Å². The van der Waals surface area contributed by atoms with Crippen LogP contribution >= 0.6 is 0 Å². The second kappa shape index (κ2) is 14.3. The first-order chi connectivity index (χ1) is 19.9. The van der Waals surface area contributed by atoms with Crippen molar-refractivity contribution in [2.75, 3.05) is 6.61 Å². The standard InChI is InChI=1S/C24H30N2O16S/c1-11(27)19(24(32)33)25(43(36,37)18-9-7-6-8-16(18)26(34)35)23-22(41-15(5)31)21(40-14(4)30)20(39-13(3)29)17(42-23)10-38-12(2)28/h6-9,11,17,19-23,27H,10H2,1-5H3,(H,32,33)/t11-,17-,19+,20-,21+,22-,23?/m1/s1. The Balaban J connectivity index is 2.98. The molecule has 0 radical (unpaired) electrons. The third-order valence-electron chi connectivity index (χ3n) is 5.82. The highest BCUT2D eigenvalue weighted by Gasteiger charge is 2.59. The third-order valence-corrected chi connectivity index (χ3v) is 7.71. The fourth-order valence-electron chi connectivity index (χ4n) is 4.32. The van der Waals surface area contributed by atoms with Crippen LogP contribution in [0.15, 0.2) is 29.2 Å². The fraction of sp³-hybridized carbons (Fsp3) is 0.542. The SMILES string of the molecule is CC(=O)OC[C@H]1OC(N([C@H](C(=O)O)[C@@H](C)O)S(=O)(=O)c2ccccc2[N+](=O)[O-])[C@H](OC(C)=O)[C@@H](OC(C)=O)[C@@H]1OC(C)=O. The van der Waals surface area contributed by atoms with Gasteiger partial charge in [-0.15, -0.1) is 4.31 Å². The van der Waals surface area contributed by atoms with Crippen molar-refractivity contribution < 1.29 is 71.2 Å². The molecule has 1 aliphatic heterocycles. The van der Waals surface area contributed by atoms with Crippen LogP contribution < -0.4 is 0 Å². The lowest BCUT2D eigenvalue weighted by atomic mass is 9.96. The molecule has 1 fully saturated rings. The predicted octanol–water partition coefficient (Wildman–Crippen LogP) is -0.497. The van der Waals surface area contributed by atoms with Gasteiger partial charge in [0.25, 0.3) is 15.7 Å². The molecule has 1 unspecified atom stereocenters. The second-order valence-electron chi connectivity index (χ2n) is 9.17. The van der Waals surface area contributed by atoms with Gasteiger partial charge in [-0.3, -0.25) is 34.1 Å². The van der Waals surface area contributed by atoms with Crippen LogP contribution in [-0.2, 0) is 57.7 Å². The van der Waals surface area contributed by atoms with Gasteiger partial charge < -0.3 is 33.9 Å². The number of aliphatic carboxylic acids is 1. The van der Waals surface area contributed by atoms with Gasteiger partial charge in [0, 0.05) is 33.8 Å². The molecule has 0 saturated carbocycles. The summed E-state index contributed by atoms with van der Waals surface area (Å²) in [7, 11) is -5.40. The molecule has 1 heterocycles. The number of carboxylic acid groups (broad SMARTS) is 1. The molecule has 1 aliphatic rings. The highest BCUT2D eigenvalue weighted by Crippen LogP contribution is 2.37. The molecule has 7 atom stereocenters. The summed E-state index contributed by atoms with van der Waals surface area (Å²) >= 11 is 0. The van der Waals surface area contributed by atoms with Gasteiger partial charge in [-0.1, -0.05) is 12.1 Å². The van der Waals surface area contributed by atoms with Crippen molar-refractivity contribution in [2.45, 2.75) is 82.3 Å². The van der Waals surface area contributed by atoms with Gasteiger partial charge in [-0.2, -0.15) is 0 Å². The minimum Gasteiger partial charge on any atom is -0.480 e. The predicted molar refractivity (Wildman–Crippen MR) is 137 cm³/mol. The molecule has 1 saturated heterocycles. The van der Waals surface area contributed by atoms with E-state index in [4.69, 9.17) is 23.7 Å². The first kappa shape index (κ1) is 35.0. The number of esters is 4. The lowest BCUT2D eigenvalue weighted by Crippen LogP contribution is -2.69. The zero-order chi connectivity index (χ0) is 32.8. The van der Waals surface area contributed by atoms with Crippen LogP contribution in [0.3, 0.4) is 0 Å². The summed E-state index contributed by atoms with van der Waals surface area (Å²) in [4.78, 5) is 70.0. The van der Waals surface area contributed by atoms with Gasteiger partial charge >= 0.3 is 29.8 Å². The van der Waals surface area contributed by atoms with E-state index < -0.39 is 105 Å². The number of hydrogen-bond acceptors (Lipinski definition) is 15. The van der Waals surface area contributed by atoms with E-state index in [0.717, 1.165) is 58.9 Å². The van der Waals surface area contributed by atoms with Crippen LogP contribution in [0.1, 0.15) is 34.6 Å². The van der Waals surface area contributed by atoms with E-state index in [1.54, 1.807) is 0 Å². The number of carbonyl (C=O) groups is 5. The Morgan fingerprint density at radius 1 is 0.953 bits per heavy atom. The molecule has 0 bridgehead atoms. The minimum absolute atomic E-state index is 0.0111. The molecule has 19 heteroatoms. The lowest BCUT2D eigenvalue weighted by Gasteiger charge is -2.48. The number of para-hydroxylation sites is 1. The highest BCUT2D eigenvalue weighted by molar-refractivity contribution is 7.89. The third kappa shape index (κ3) is 8.43. The number of nitro benzene ring substituents is 1. The maximum atomic E-state index is 14.1. The highest BCUT2D eigenvalue weighted by atomic mass is 32.2. The molecule has 0 spiro atoms. The summed E-state index contributed by atoms with van der Waals surface area (Å²) in [6.45, 7) is 3.80. The summed E-state index contributed by atoms with van der Waals surface area (Å²) in [6, 6.07) is 1.37. The number of ether oxygens (including phenoxy) is 5. The number of hydrogen-bond donors (Lipinski definition) is 2. The van der Waals surface area contributed by atoms with Crippen molar-refractivity contribution >= 4 is 45.6 Å². The van der Waals surface area contributed by atoms with Gasteiger partial charge in [0.2, 0.25) is 0 Å². The quantitative estimate of drug-likeness (QED) is 0.127. The Hall–Kier alpha value is -4.20. The summed E-state index contributed by atoms with van der Waals surface area (Å²) in [6.07, 6.45) is -11.9. The molecule has 238 valence electrons. The van der Waals surface area contributed by atoms with E-state index in [1.165, 1.54) is 0 Å². The van der Waals surface area contributed by atoms with Crippen LogP contribution in [0.4, 0.5) is 5.69 Å². The van der Waals surface area contributed by atoms with Crippen molar-refractivity contribution in [3.05, 3.63) is 34.4 Å². The molecule has 0 aromatic heterocycles. The first-order valence-corrected chi connectivity index (χ1v) is 13.8. The number of benzene rings is 1. The summed E-state index contributed by atoms with van der Waals surface area (Å²) in [5.74, 6) is -6.04. The van der Waals surface area contributed by atoms with Gasteiger partial charge in [-0.05, 0) is 13.0 Å². The molecule has 18 nitrogen and oxygen atoms in total. The second-order valence-corrected chi connectivity index (χ2v) is 11.0. The summed E-state index contributed by atoms with van der Waals surface area (Å²) in [5, 5.41) is 32.2. The molecule has 2 N–H and O–H groups in total. The smallest absolute Gasteiger partial charge is 0.324 e. The topological polar surface area (TPSA) is 252 Å². The average Bonchev–Trinajstić information content (AvgIpc) is 2.87. The normalized spacial score (nSPS) is 23.4. The molecule has 0 amide bonds. The van der Waals surface area contributed by atoms with Crippen molar-refractivity contribution in [1.82, 2.24) is 4.31 Å². The van der Waals surface area contributed by atoms with Crippen LogP contribution in [0.5, 0.6) is 0 Å². The number of carboxylic acids is 1. The van der Waals surface area contributed by atoms with Crippen LogP contribution in [0.2, 0.25) is 0 Å².